The van der Waals surface area contributed by atoms with E-state index in [2.05, 4.69) is 27.7 Å². The van der Waals surface area contributed by atoms with Crippen LogP contribution >= 0.6 is 0 Å². The molecule has 1 unspecified atom stereocenters. The Hall–Kier alpha value is -0.570. The average Bonchev–Trinajstić information content (AvgIpc) is 2.04. The van der Waals surface area contributed by atoms with E-state index >= 15 is 0 Å². The SMILES string of the molecule is CCCCCC(C)C(C)(C)N.O=CO. The number of carboxylic acid groups (broad SMARTS) is 1. The van der Waals surface area contributed by atoms with Crippen molar-refractivity contribution in [1.29, 1.82) is 0 Å². The Balaban J connectivity index is 0. The number of hydrogen-bond donors (Lipinski definition) is 2. The molecule has 0 spiro atoms. The molecule has 0 aromatic heterocycles. The van der Waals surface area contributed by atoms with Gasteiger partial charge in [0.15, 0.2) is 0 Å². The molecule has 0 radical (unpaired) electrons. The van der Waals surface area contributed by atoms with Crippen molar-refractivity contribution in [2.24, 2.45) is 11.7 Å². The van der Waals surface area contributed by atoms with Crippen LogP contribution < -0.4 is 5.73 Å². The first-order valence-corrected chi connectivity index (χ1v) is 5.26. The second-order valence-corrected chi connectivity index (χ2v) is 4.32. The van der Waals surface area contributed by atoms with Gasteiger partial charge in [0, 0.05) is 5.54 Å². The molecule has 0 saturated carbocycles. The summed E-state index contributed by atoms with van der Waals surface area (Å²) in [6.45, 7) is 8.46. The summed E-state index contributed by atoms with van der Waals surface area (Å²) in [4.78, 5) is 8.36. The smallest absolute Gasteiger partial charge is 0.290 e. The van der Waals surface area contributed by atoms with Crippen molar-refractivity contribution in [2.75, 3.05) is 0 Å². The minimum Gasteiger partial charge on any atom is -0.483 e. The number of unbranched alkanes of at least 4 members (excludes halogenated alkanes) is 2. The highest BCUT2D eigenvalue weighted by atomic mass is 16.3. The molecule has 0 amide bonds. The molecule has 0 aromatic rings. The van der Waals surface area contributed by atoms with Gasteiger partial charge in [0.05, 0.1) is 0 Å². The topological polar surface area (TPSA) is 63.3 Å². The average molecular weight is 203 g/mol. The summed E-state index contributed by atoms with van der Waals surface area (Å²) in [5.74, 6) is 0.647. The minimum atomic E-state index is -0.250. The summed E-state index contributed by atoms with van der Waals surface area (Å²) in [5, 5.41) is 6.89. The van der Waals surface area contributed by atoms with E-state index in [4.69, 9.17) is 15.6 Å². The molecule has 0 aliphatic rings. The van der Waals surface area contributed by atoms with Gasteiger partial charge in [0.1, 0.15) is 0 Å². The first-order chi connectivity index (χ1) is 6.40. The van der Waals surface area contributed by atoms with E-state index in [9.17, 15) is 0 Å². The highest BCUT2D eigenvalue weighted by Gasteiger charge is 2.19. The normalized spacial score (nSPS) is 12.6. The molecule has 3 heteroatoms. The van der Waals surface area contributed by atoms with E-state index in [0.717, 1.165) is 0 Å². The van der Waals surface area contributed by atoms with Gasteiger partial charge in [-0.25, -0.2) is 0 Å². The second kappa shape index (κ2) is 9.00. The number of nitrogens with two attached hydrogens (primary N) is 1. The van der Waals surface area contributed by atoms with E-state index in [1.165, 1.54) is 25.7 Å². The predicted molar refractivity (Wildman–Crippen MR) is 60.3 cm³/mol. The first kappa shape index (κ1) is 15.9. The van der Waals surface area contributed by atoms with E-state index < -0.39 is 0 Å². The Morgan fingerprint density at radius 2 is 1.86 bits per heavy atom. The van der Waals surface area contributed by atoms with Crippen LogP contribution in [-0.4, -0.2) is 17.1 Å². The minimum absolute atomic E-state index is 0.00768. The third kappa shape index (κ3) is 11.4. The molecule has 0 heterocycles. The summed E-state index contributed by atoms with van der Waals surface area (Å²) in [6.07, 6.45) is 5.26. The van der Waals surface area contributed by atoms with Crippen molar-refractivity contribution in [1.82, 2.24) is 0 Å². The van der Waals surface area contributed by atoms with Crippen molar-refractivity contribution in [2.45, 2.75) is 58.9 Å². The lowest BCUT2D eigenvalue weighted by atomic mass is 9.86. The van der Waals surface area contributed by atoms with E-state index in [0.29, 0.717) is 5.92 Å². The van der Waals surface area contributed by atoms with Crippen LogP contribution in [0.25, 0.3) is 0 Å². The van der Waals surface area contributed by atoms with E-state index in [1.54, 1.807) is 0 Å². The lowest BCUT2D eigenvalue weighted by molar-refractivity contribution is -0.122. The molecule has 0 aliphatic carbocycles. The van der Waals surface area contributed by atoms with Gasteiger partial charge < -0.3 is 10.8 Å². The third-order valence-corrected chi connectivity index (χ3v) is 2.51. The first-order valence-electron chi connectivity index (χ1n) is 5.26. The van der Waals surface area contributed by atoms with Crippen molar-refractivity contribution in [3.63, 3.8) is 0 Å². The van der Waals surface area contributed by atoms with Crippen molar-refractivity contribution in [3.8, 4) is 0 Å². The third-order valence-electron chi connectivity index (χ3n) is 2.51. The van der Waals surface area contributed by atoms with Gasteiger partial charge in [-0.3, -0.25) is 4.79 Å². The molecule has 0 aromatic carbocycles. The van der Waals surface area contributed by atoms with Crippen LogP contribution in [-0.2, 0) is 4.79 Å². The Kier molecular flexibility index (Phi) is 10.2. The molecule has 0 saturated heterocycles. The molecule has 3 nitrogen and oxygen atoms in total. The van der Waals surface area contributed by atoms with E-state index in [-0.39, 0.29) is 12.0 Å². The number of hydrogen-bond acceptors (Lipinski definition) is 2. The second-order valence-electron chi connectivity index (χ2n) is 4.32. The van der Waals surface area contributed by atoms with Crippen molar-refractivity contribution in [3.05, 3.63) is 0 Å². The van der Waals surface area contributed by atoms with Crippen molar-refractivity contribution >= 4 is 6.47 Å². The van der Waals surface area contributed by atoms with Gasteiger partial charge in [0.25, 0.3) is 6.47 Å². The highest BCUT2D eigenvalue weighted by Crippen LogP contribution is 2.19. The highest BCUT2D eigenvalue weighted by molar-refractivity contribution is 5.32. The Morgan fingerprint density at radius 1 is 1.43 bits per heavy atom. The summed E-state index contributed by atoms with van der Waals surface area (Å²) >= 11 is 0. The molecular weight excluding hydrogens is 178 g/mol. The van der Waals surface area contributed by atoms with Crippen LogP contribution in [0.15, 0.2) is 0 Å². The van der Waals surface area contributed by atoms with Crippen LogP contribution in [0.4, 0.5) is 0 Å². The lowest BCUT2D eigenvalue weighted by Gasteiger charge is -2.27. The number of rotatable bonds is 5. The van der Waals surface area contributed by atoms with Crippen LogP contribution in [0.2, 0.25) is 0 Å². The Labute approximate surface area is 87.7 Å². The monoisotopic (exact) mass is 203 g/mol. The molecular formula is C11H25NO2. The zero-order chi connectivity index (χ0) is 11.6. The van der Waals surface area contributed by atoms with Gasteiger partial charge in [0.2, 0.25) is 0 Å². The van der Waals surface area contributed by atoms with Gasteiger partial charge >= 0.3 is 0 Å². The zero-order valence-corrected chi connectivity index (χ0v) is 9.92. The molecule has 0 fully saturated rings. The molecule has 14 heavy (non-hydrogen) atoms. The molecule has 0 bridgehead atoms. The summed E-state index contributed by atoms with van der Waals surface area (Å²) in [7, 11) is 0. The van der Waals surface area contributed by atoms with Crippen LogP contribution in [0.1, 0.15) is 53.4 Å². The maximum atomic E-state index is 8.36. The van der Waals surface area contributed by atoms with Gasteiger partial charge in [-0.15, -0.1) is 0 Å². The van der Waals surface area contributed by atoms with E-state index in [1.807, 2.05) is 0 Å². The summed E-state index contributed by atoms with van der Waals surface area (Å²) in [5.41, 5.74) is 5.97. The predicted octanol–water partition coefficient (Wildman–Crippen LogP) is 2.64. The summed E-state index contributed by atoms with van der Waals surface area (Å²) in [6, 6.07) is 0. The standard InChI is InChI=1S/C10H23N.CH2O2/c1-5-6-7-8-9(2)10(3,4)11;2-1-3/h9H,5-8,11H2,1-4H3;1H,(H,2,3). The lowest BCUT2D eigenvalue weighted by Crippen LogP contribution is -2.39. The fourth-order valence-corrected chi connectivity index (χ4v) is 1.07. The quantitative estimate of drug-likeness (QED) is 0.533. The summed E-state index contributed by atoms with van der Waals surface area (Å²) < 4.78 is 0. The molecule has 1 atom stereocenters. The van der Waals surface area contributed by atoms with Gasteiger partial charge in [-0.05, 0) is 26.2 Å². The van der Waals surface area contributed by atoms with Crippen LogP contribution in [0.3, 0.4) is 0 Å². The van der Waals surface area contributed by atoms with Crippen molar-refractivity contribution < 1.29 is 9.90 Å². The van der Waals surface area contributed by atoms with Gasteiger partial charge in [-0.1, -0.05) is 33.1 Å². The zero-order valence-electron chi connectivity index (χ0n) is 9.92. The van der Waals surface area contributed by atoms with Crippen LogP contribution in [0.5, 0.6) is 0 Å². The maximum absolute atomic E-state index is 8.36. The molecule has 0 aliphatic heterocycles. The van der Waals surface area contributed by atoms with Crippen LogP contribution in [0, 0.1) is 5.92 Å². The fraction of sp³-hybridized carbons (Fsp3) is 0.909. The maximum Gasteiger partial charge on any atom is 0.290 e. The molecule has 86 valence electrons. The Morgan fingerprint density at radius 3 is 2.14 bits per heavy atom. The fourth-order valence-electron chi connectivity index (χ4n) is 1.07. The largest absolute Gasteiger partial charge is 0.483 e. The molecule has 3 N–H and O–H groups in total. The molecule has 0 rings (SSSR count). The Bertz CT molecular complexity index is 130. The number of carbonyl (C=O) groups is 1. The van der Waals surface area contributed by atoms with Gasteiger partial charge in [-0.2, -0.15) is 0 Å².